The molecule has 0 radical (unpaired) electrons. The van der Waals surface area contributed by atoms with Gasteiger partial charge in [-0.2, -0.15) is 0 Å². The molecule has 92 valence electrons. The smallest absolute Gasteiger partial charge is 0.445 e. The molecule has 1 aliphatic rings. The standard InChI is InChI=1S/C11H12BF3NO/c13-12(14,15)10-5-3-9(4-6-10)11(17)16-7-1-2-8-16/h3-6H,1-2,7-8H2/q-1. The summed E-state index contributed by atoms with van der Waals surface area (Å²) in [5.74, 6) is -0.177. The Kier molecular flexibility index (Phi) is 3.13. The van der Waals surface area contributed by atoms with Crippen molar-refractivity contribution >= 4 is 18.3 Å². The van der Waals surface area contributed by atoms with E-state index in [0.29, 0.717) is 18.7 Å². The van der Waals surface area contributed by atoms with Crippen LogP contribution in [0, 0.1) is 0 Å². The van der Waals surface area contributed by atoms with Gasteiger partial charge in [0, 0.05) is 18.7 Å². The fourth-order valence-corrected chi connectivity index (χ4v) is 1.95. The minimum atomic E-state index is -4.98. The monoisotopic (exact) mass is 242 g/mol. The molecule has 1 saturated heterocycles. The molecular weight excluding hydrogens is 230 g/mol. The van der Waals surface area contributed by atoms with Crippen molar-refractivity contribution in [2.24, 2.45) is 0 Å². The molecule has 0 spiro atoms. The molecule has 1 heterocycles. The lowest BCUT2D eigenvalue weighted by atomic mass is 9.80. The molecule has 0 N–H and O–H groups in total. The van der Waals surface area contributed by atoms with Crippen LogP contribution in [-0.4, -0.2) is 30.9 Å². The Morgan fingerprint density at radius 2 is 1.59 bits per heavy atom. The second-order valence-electron chi connectivity index (χ2n) is 4.20. The van der Waals surface area contributed by atoms with E-state index >= 15 is 0 Å². The Morgan fingerprint density at radius 1 is 1.06 bits per heavy atom. The number of halogens is 3. The first kappa shape index (κ1) is 12.0. The number of carbonyl (C=O) groups is 1. The molecular formula is C11H12BF3NO-. The van der Waals surface area contributed by atoms with Crippen LogP contribution in [0.3, 0.4) is 0 Å². The Bertz CT molecular complexity index is 410. The normalized spacial score (nSPS) is 16.3. The van der Waals surface area contributed by atoms with Crippen LogP contribution < -0.4 is 5.46 Å². The molecule has 6 heteroatoms. The van der Waals surface area contributed by atoms with E-state index in [0.717, 1.165) is 25.0 Å². The van der Waals surface area contributed by atoms with E-state index in [1.54, 1.807) is 4.90 Å². The van der Waals surface area contributed by atoms with Crippen LogP contribution in [0.1, 0.15) is 23.2 Å². The van der Waals surface area contributed by atoms with Crippen LogP contribution in [0.15, 0.2) is 24.3 Å². The maximum absolute atomic E-state index is 12.4. The number of hydrogen-bond donors (Lipinski definition) is 0. The summed E-state index contributed by atoms with van der Waals surface area (Å²) >= 11 is 0. The first-order valence-corrected chi connectivity index (χ1v) is 5.57. The Morgan fingerprint density at radius 3 is 2.06 bits per heavy atom. The first-order valence-electron chi connectivity index (χ1n) is 5.57. The average molecular weight is 242 g/mol. The molecule has 0 unspecified atom stereocenters. The van der Waals surface area contributed by atoms with Gasteiger partial charge < -0.3 is 17.8 Å². The van der Waals surface area contributed by atoms with Gasteiger partial charge in [-0.05, 0) is 12.8 Å². The highest BCUT2D eigenvalue weighted by Crippen LogP contribution is 2.14. The maximum atomic E-state index is 12.4. The fraction of sp³-hybridized carbons (Fsp3) is 0.364. The van der Waals surface area contributed by atoms with Gasteiger partial charge in [-0.1, -0.05) is 24.3 Å². The van der Waals surface area contributed by atoms with E-state index in [4.69, 9.17) is 0 Å². The number of benzene rings is 1. The summed E-state index contributed by atoms with van der Waals surface area (Å²) in [5, 5.41) is 0. The van der Waals surface area contributed by atoms with Crippen molar-refractivity contribution in [3.05, 3.63) is 29.8 Å². The van der Waals surface area contributed by atoms with Crippen LogP contribution in [0.2, 0.25) is 0 Å². The van der Waals surface area contributed by atoms with Gasteiger partial charge in [-0.3, -0.25) is 4.79 Å². The SMILES string of the molecule is O=C(c1ccc([B-](F)(F)F)cc1)N1CCCC1. The quantitative estimate of drug-likeness (QED) is 0.726. The van der Waals surface area contributed by atoms with E-state index in [1.165, 1.54) is 12.1 Å². The summed E-state index contributed by atoms with van der Waals surface area (Å²) < 4.78 is 37.2. The molecule has 1 fully saturated rings. The van der Waals surface area contributed by atoms with Crippen molar-refractivity contribution in [3.8, 4) is 0 Å². The number of rotatable bonds is 2. The lowest BCUT2D eigenvalue weighted by molar-refractivity contribution is 0.0793. The Hall–Kier alpha value is -1.46. The van der Waals surface area contributed by atoms with Crippen molar-refractivity contribution in [2.45, 2.75) is 12.8 Å². The zero-order valence-electron chi connectivity index (χ0n) is 9.20. The molecule has 2 rings (SSSR count). The lowest BCUT2D eigenvalue weighted by Gasteiger charge is -2.17. The minimum absolute atomic E-state index is 0.177. The minimum Gasteiger partial charge on any atom is -0.445 e. The number of nitrogens with zero attached hydrogens (tertiary/aromatic N) is 1. The van der Waals surface area contributed by atoms with Crippen molar-refractivity contribution in [1.29, 1.82) is 0 Å². The second-order valence-corrected chi connectivity index (χ2v) is 4.20. The van der Waals surface area contributed by atoms with Crippen LogP contribution in [0.25, 0.3) is 0 Å². The molecule has 0 aromatic heterocycles. The van der Waals surface area contributed by atoms with Gasteiger partial charge in [0.25, 0.3) is 5.91 Å². The van der Waals surface area contributed by atoms with Crippen LogP contribution >= 0.6 is 0 Å². The second kappa shape index (κ2) is 4.43. The summed E-state index contributed by atoms with van der Waals surface area (Å²) in [6, 6.07) is 4.46. The molecule has 1 aromatic rings. The number of hydrogen-bond acceptors (Lipinski definition) is 1. The average Bonchev–Trinajstić information content (AvgIpc) is 2.80. The zero-order chi connectivity index (χ0) is 12.5. The highest BCUT2D eigenvalue weighted by molar-refractivity contribution is 6.73. The zero-order valence-corrected chi connectivity index (χ0v) is 9.20. The van der Waals surface area contributed by atoms with Gasteiger partial charge in [-0.25, -0.2) is 0 Å². The van der Waals surface area contributed by atoms with Gasteiger partial charge in [0.1, 0.15) is 0 Å². The molecule has 1 amide bonds. The lowest BCUT2D eigenvalue weighted by Crippen LogP contribution is -2.34. The van der Waals surface area contributed by atoms with Gasteiger partial charge in [-0.15, -0.1) is 5.46 Å². The highest BCUT2D eigenvalue weighted by Gasteiger charge is 2.26. The molecule has 2 nitrogen and oxygen atoms in total. The molecule has 1 aromatic carbocycles. The molecule has 17 heavy (non-hydrogen) atoms. The molecule has 0 saturated carbocycles. The maximum Gasteiger partial charge on any atom is 0.509 e. The molecule has 0 aliphatic carbocycles. The Labute approximate surface area is 97.5 Å². The summed E-state index contributed by atoms with van der Waals surface area (Å²) in [5.41, 5.74) is -0.335. The molecule has 0 atom stereocenters. The molecule has 1 aliphatic heterocycles. The van der Waals surface area contributed by atoms with E-state index < -0.39 is 12.4 Å². The summed E-state index contributed by atoms with van der Waals surface area (Å²) in [6.07, 6.45) is 1.94. The van der Waals surface area contributed by atoms with E-state index in [2.05, 4.69) is 0 Å². The summed E-state index contributed by atoms with van der Waals surface area (Å²) in [7, 11) is 0. The third-order valence-electron chi connectivity index (χ3n) is 2.93. The van der Waals surface area contributed by atoms with Gasteiger partial charge in [0.2, 0.25) is 0 Å². The summed E-state index contributed by atoms with van der Waals surface area (Å²) in [4.78, 5) is 13.5. The van der Waals surface area contributed by atoms with Gasteiger partial charge in [0.15, 0.2) is 0 Å². The van der Waals surface area contributed by atoms with E-state index in [9.17, 15) is 17.7 Å². The number of likely N-dealkylation sites (tertiary alicyclic amines) is 1. The third kappa shape index (κ3) is 2.62. The van der Waals surface area contributed by atoms with Crippen molar-refractivity contribution < 1.29 is 17.7 Å². The third-order valence-corrected chi connectivity index (χ3v) is 2.93. The van der Waals surface area contributed by atoms with Crippen molar-refractivity contribution in [3.63, 3.8) is 0 Å². The number of amides is 1. The summed E-state index contributed by atoms with van der Waals surface area (Å²) in [6.45, 7) is -3.58. The van der Waals surface area contributed by atoms with Crippen LogP contribution in [-0.2, 0) is 0 Å². The van der Waals surface area contributed by atoms with Crippen LogP contribution in [0.4, 0.5) is 12.9 Å². The van der Waals surface area contributed by atoms with Gasteiger partial charge in [0.05, 0.1) is 0 Å². The highest BCUT2D eigenvalue weighted by atomic mass is 19.4. The largest absolute Gasteiger partial charge is 0.509 e. The van der Waals surface area contributed by atoms with Crippen LogP contribution in [0.5, 0.6) is 0 Å². The topological polar surface area (TPSA) is 20.3 Å². The van der Waals surface area contributed by atoms with E-state index in [1.807, 2.05) is 0 Å². The van der Waals surface area contributed by atoms with Crippen molar-refractivity contribution in [2.75, 3.05) is 13.1 Å². The molecule has 0 bridgehead atoms. The Balaban J connectivity index is 2.15. The number of carbonyl (C=O) groups excluding carboxylic acids is 1. The first-order chi connectivity index (χ1) is 7.98. The van der Waals surface area contributed by atoms with E-state index in [-0.39, 0.29) is 5.91 Å². The predicted molar refractivity (Wildman–Crippen MR) is 60.3 cm³/mol. The van der Waals surface area contributed by atoms with Crippen molar-refractivity contribution in [1.82, 2.24) is 4.90 Å². The predicted octanol–water partition coefficient (Wildman–Crippen LogP) is 1.98. The fourth-order valence-electron chi connectivity index (χ4n) is 1.95. The van der Waals surface area contributed by atoms with Gasteiger partial charge >= 0.3 is 6.98 Å².